The van der Waals surface area contributed by atoms with Crippen LogP contribution in [0.5, 0.6) is 0 Å². The Morgan fingerprint density at radius 1 is 1.42 bits per heavy atom. The van der Waals surface area contributed by atoms with Gasteiger partial charge in [0.05, 0.1) is 12.8 Å². The van der Waals surface area contributed by atoms with Gasteiger partial charge in [-0.3, -0.25) is 9.48 Å². The molecule has 0 N–H and O–H groups in total. The molecule has 0 aromatic carbocycles. The van der Waals surface area contributed by atoms with Crippen LogP contribution in [0, 0.1) is 6.92 Å². The maximum atomic E-state index is 12.5. The second-order valence-corrected chi connectivity index (χ2v) is 4.83. The summed E-state index contributed by atoms with van der Waals surface area (Å²) in [5.74, 6) is -0.495. The number of aryl methyl sites for hydroxylation is 2. The summed E-state index contributed by atoms with van der Waals surface area (Å²) in [5, 5.41) is 4.17. The van der Waals surface area contributed by atoms with Crippen molar-refractivity contribution < 1.29 is 14.3 Å². The van der Waals surface area contributed by atoms with Crippen LogP contribution in [0.4, 0.5) is 0 Å². The zero-order chi connectivity index (χ0) is 14.0. The fourth-order valence-electron chi connectivity index (χ4n) is 2.51. The highest BCUT2D eigenvalue weighted by atomic mass is 16.5. The molecule has 2 rings (SSSR count). The number of hydrogen-bond donors (Lipinski definition) is 0. The molecule has 1 aromatic rings. The van der Waals surface area contributed by atoms with E-state index in [1.165, 1.54) is 7.11 Å². The van der Waals surface area contributed by atoms with Crippen molar-refractivity contribution in [2.24, 2.45) is 7.05 Å². The summed E-state index contributed by atoms with van der Waals surface area (Å²) in [7, 11) is 3.09. The summed E-state index contributed by atoms with van der Waals surface area (Å²) in [6.45, 7) is 2.42. The highest BCUT2D eigenvalue weighted by Gasteiger charge is 2.34. The number of ether oxygens (including phenoxy) is 1. The molecule has 1 aliphatic heterocycles. The number of piperidine rings is 1. The number of carbonyl (C=O) groups is 2. The first-order chi connectivity index (χ1) is 9.04. The third kappa shape index (κ3) is 2.62. The average molecular weight is 265 g/mol. The van der Waals surface area contributed by atoms with Crippen molar-refractivity contribution in [2.45, 2.75) is 32.2 Å². The number of amides is 1. The van der Waals surface area contributed by atoms with Crippen molar-refractivity contribution in [3.8, 4) is 0 Å². The number of nitrogens with zero attached hydrogens (tertiary/aromatic N) is 3. The minimum Gasteiger partial charge on any atom is -0.467 e. The first-order valence-electron chi connectivity index (χ1n) is 6.44. The smallest absolute Gasteiger partial charge is 0.328 e. The predicted octanol–water partition coefficient (Wildman–Crippen LogP) is 0.896. The van der Waals surface area contributed by atoms with Crippen LogP contribution in [0.15, 0.2) is 6.07 Å². The Labute approximate surface area is 112 Å². The van der Waals surface area contributed by atoms with Crippen molar-refractivity contribution in [2.75, 3.05) is 13.7 Å². The average Bonchev–Trinajstić information content (AvgIpc) is 2.76. The lowest BCUT2D eigenvalue weighted by Crippen LogP contribution is -2.48. The molecule has 1 saturated heterocycles. The third-order valence-electron chi connectivity index (χ3n) is 3.46. The Hall–Kier alpha value is -1.85. The van der Waals surface area contributed by atoms with Gasteiger partial charge < -0.3 is 9.64 Å². The van der Waals surface area contributed by atoms with Crippen LogP contribution in [-0.4, -0.2) is 46.3 Å². The van der Waals surface area contributed by atoms with Crippen molar-refractivity contribution in [3.05, 3.63) is 17.5 Å². The van der Waals surface area contributed by atoms with E-state index < -0.39 is 6.04 Å². The Morgan fingerprint density at radius 2 is 2.16 bits per heavy atom. The number of esters is 1. The van der Waals surface area contributed by atoms with E-state index in [2.05, 4.69) is 5.10 Å². The first kappa shape index (κ1) is 13.6. The molecule has 0 radical (unpaired) electrons. The van der Waals surface area contributed by atoms with E-state index in [1.54, 1.807) is 22.7 Å². The lowest BCUT2D eigenvalue weighted by molar-refractivity contribution is -0.147. The topological polar surface area (TPSA) is 64.4 Å². The van der Waals surface area contributed by atoms with Gasteiger partial charge in [-0.15, -0.1) is 0 Å². The quantitative estimate of drug-likeness (QED) is 0.745. The van der Waals surface area contributed by atoms with E-state index in [1.807, 2.05) is 6.92 Å². The Bertz CT molecular complexity index is 495. The van der Waals surface area contributed by atoms with Crippen LogP contribution in [-0.2, 0) is 16.6 Å². The SMILES string of the molecule is COC(=O)C1CCCCN1C(=O)c1cc(C)nn1C. The van der Waals surface area contributed by atoms with Crippen LogP contribution >= 0.6 is 0 Å². The standard InChI is InChI=1S/C13H19N3O3/c1-9-8-11(15(2)14-9)12(17)16-7-5-4-6-10(16)13(18)19-3/h8,10H,4-7H2,1-3H3. The second-order valence-electron chi connectivity index (χ2n) is 4.83. The van der Waals surface area contributed by atoms with Crippen molar-refractivity contribution in [1.29, 1.82) is 0 Å². The Morgan fingerprint density at radius 3 is 2.74 bits per heavy atom. The van der Waals surface area contributed by atoms with E-state index in [0.29, 0.717) is 18.7 Å². The lowest BCUT2D eigenvalue weighted by Gasteiger charge is -2.33. The minimum atomic E-state index is -0.471. The maximum Gasteiger partial charge on any atom is 0.328 e. The van der Waals surface area contributed by atoms with Gasteiger partial charge in [0.1, 0.15) is 11.7 Å². The van der Waals surface area contributed by atoms with Crippen LogP contribution in [0.25, 0.3) is 0 Å². The molecular weight excluding hydrogens is 246 g/mol. The van der Waals surface area contributed by atoms with Gasteiger partial charge in [-0.05, 0) is 32.3 Å². The summed E-state index contributed by atoms with van der Waals surface area (Å²) in [4.78, 5) is 25.9. The van der Waals surface area contributed by atoms with Crippen LogP contribution < -0.4 is 0 Å². The number of hydrogen-bond acceptors (Lipinski definition) is 4. The van der Waals surface area contributed by atoms with Crippen molar-refractivity contribution >= 4 is 11.9 Å². The van der Waals surface area contributed by atoms with Gasteiger partial charge in [-0.1, -0.05) is 0 Å². The van der Waals surface area contributed by atoms with Crippen molar-refractivity contribution in [3.63, 3.8) is 0 Å². The summed E-state index contributed by atoms with van der Waals surface area (Å²) in [6, 6.07) is 1.27. The molecule has 1 unspecified atom stereocenters. The monoisotopic (exact) mass is 265 g/mol. The highest BCUT2D eigenvalue weighted by Crippen LogP contribution is 2.20. The normalized spacial score (nSPS) is 19.3. The van der Waals surface area contributed by atoms with Crippen LogP contribution in [0.2, 0.25) is 0 Å². The van der Waals surface area contributed by atoms with E-state index in [-0.39, 0.29) is 11.9 Å². The van der Waals surface area contributed by atoms with Crippen LogP contribution in [0.3, 0.4) is 0 Å². The Balaban J connectivity index is 2.25. The molecule has 1 fully saturated rings. The molecule has 6 nitrogen and oxygen atoms in total. The fraction of sp³-hybridized carbons (Fsp3) is 0.615. The molecule has 6 heteroatoms. The maximum absolute atomic E-state index is 12.5. The molecule has 104 valence electrons. The van der Waals surface area contributed by atoms with Crippen molar-refractivity contribution in [1.82, 2.24) is 14.7 Å². The first-order valence-corrected chi connectivity index (χ1v) is 6.44. The molecule has 1 aromatic heterocycles. The molecular formula is C13H19N3O3. The summed E-state index contributed by atoms with van der Waals surface area (Å²) in [5.41, 5.74) is 1.30. The summed E-state index contributed by atoms with van der Waals surface area (Å²) >= 11 is 0. The van der Waals surface area contributed by atoms with E-state index in [0.717, 1.165) is 18.5 Å². The largest absolute Gasteiger partial charge is 0.467 e. The number of likely N-dealkylation sites (tertiary alicyclic amines) is 1. The third-order valence-corrected chi connectivity index (χ3v) is 3.46. The van der Waals surface area contributed by atoms with Gasteiger partial charge in [-0.25, -0.2) is 4.79 Å². The molecule has 1 amide bonds. The molecule has 19 heavy (non-hydrogen) atoms. The van der Waals surface area contributed by atoms with Gasteiger partial charge in [0, 0.05) is 13.6 Å². The Kier molecular flexibility index (Phi) is 3.87. The zero-order valence-electron chi connectivity index (χ0n) is 11.5. The van der Waals surface area contributed by atoms with Gasteiger partial charge in [-0.2, -0.15) is 5.10 Å². The molecule has 1 aliphatic rings. The number of rotatable bonds is 2. The molecule has 0 aliphatic carbocycles. The number of methoxy groups -OCH3 is 1. The van der Waals surface area contributed by atoms with E-state index >= 15 is 0 Å². The number of aromatic nitrogens is 2. The van der Waals surface area contributed by atoms with Gasteiger partial charge in [0.25, 0.3) is 5.91 Å². The minimum absolute atomic E-state index is 0.154. The van der Waals surface area contributed by atoms with Gasteiger partial charge in [0.2, 0.25) is 0 Å². The van der Waals surface area contributed by atoms with E-state index in [9.17, 15) is 9.59 Å². The van der Waals surface area contributed by atoms with E-state index in [4.69, 9.17) is 4.74 Å². The molecule has 2 heterocycles. The second kappa shape index (κ2) is 5.42. The summed E-state index contributed by atoms with van der Waals surface area (Å²) in [6.07, 6.45) is 2.51. The van der Waals surface area contributed by atoms with Gasteiger partial charge in [0.15, 0.2) is 0 Å². The van der Waals surface area contributed by atoms with Crippen LogP contribution in [0.1, 0.15) is 35.4 Å². The summed E-state index contributed by atoms with van der Waals surface area (Å²) < 4.78 is 6.34. The number of carbonyl (C=O) groups excluding carboxylic acids is 2. The lowest BCUT2D eigenvalue weighted by atomic mass is 10.0. The zero-order valence-corrected chi connectivity index (χ0v) is 11.5. The molecule has 0 spiro atoms. The fourth-order valence-corrected chi connectivity index (χ4v) is 2.51. The highest BCUT2D eigenvalue weighted by molar-refractivity contribution is 5.95. The molecule has 0 saturated carbocycles. The molecule has 0 bridgehead atoms. The van der Waals surface area contributed by atoms with Gasteiger partial charge >= 0.3 is 5.97 Å². The molecule has 1 atom stereocenters. The predicted molar refractivity (Wildman–Crippen MR) is 68.6 cm³/mol.